The molecule has 2 atom stereocenters. The number of fused-ring (bicyclic) bond motifs is 1. The lowest BCUT2D eigenvalue weighted by Gasteiger charge is -2.33. The number of esters is 1. The molecule has 0 N–H and O–H groups in total. The number of thioether (sulfide) groups is 1. The van der Waals surface area contributed by atoms with E-state index in [1.165, 1.54) is 28.8 Å². The molecule has 2 heterocycles. The molecule has 9 heteroatoms. The molecule has 1 aromatic rings. The number of allylic oxidation sites excluding steroid dienone is 1. The molecule has 2 aliphatic heterocycles. The Kier molecular flexibility index (Phi) is 5.55. The first kappa shape index (κ1) is 20.1. The monoisotopic (exact) mass is 403 g/mol. The second kappa shape index (κ2) is 7.75. The molecular formula is C19H21N3O5S. The van der Waals surface area contributed by atoms with Gasteiger partial charge < -0.3 is 4.74 Å². The molecule has 1 amide bonds. The molecule has 0 radical (unpaired) electrons. The highest BCUT2D eigenvalue weighted by molar-refractivity contribution is 8.15. The van der Waals surface area contributed by atoms with E-state index in [9.17, 15) is 19.7 Å². The van der Waals surface area contributed by atoms with Crippen LogP contribution in [-0.2, 0) is 14.3 Å². The molecule has 28 heavy (non-hydrogen) atoms. The molecule has 0 spiro atoms. The van der Waals surface area contributed by atoms with Crippen LogP contribution in [0.15, 0.2) is 40.5 Å². The molecule has 0 aliphatic carbocycles. The number of ether oxygens (including phenoxy) is 1. The number of carbonyl (C=O) groups is 2. The van der Waals surface area contributed by atoms with Gasteiger partial charge in [0, 0.05) is 12.1 Å². The van der Waals surface area contributed by atoms with Gasteiger partial charge in [-0.3, -0.25) is 19.8 Å². The quantitative estimate of drug-likeness (QED) is 0.423. The minimum Gasteiger partial charge on any atom is -0.459 e. The largest absolute Gasteiger partial charge is 0.459 e. The maximum absolute atomic E-state index is 13.0. The lowest BCUT2D eigenvalue weighted by Crippen LogP contribution is -2.41. The van der Waals surface area contributed by atoms with E-state index < -0.39 is 16.9 Å². The summed E-state index contributed by atoms with van der Waals surface area (Å²) in [4.78, 5) is 42.5. The highest BCUT2D eigenvalue weighted by Gasteiger charge is 2.47. The molecule has 8 nitrogen and oxygen atoms in total. The van der Waals surface area contributed by atoms with Gasteiger partial charge in [-0.15, -0.1) is 0 Å². The smallest absolute Gasteiger partial charge is 0.338 e. The molecule has 148 valence electrons. The Morgan fingerprint density at radius 2 is 2.14 bits per heavy atom. The summed E-state index contributed by atoms with van der Waals surface area (Å²) >= 11 is 1.35. The summed E-state index contributed by atoms with van der Waals surface area (Å²) in [6.45, 7) is 7.07. The first-order valence-corrected chi connectivity index (χ1v) is 9.87. The van der Waals surface area contributed by atoms with Crippen molar-refractivity contribution in [2.45, 2.75) is 51.5 Å². The van der Waals surface area contributed by atoms with E-state index >= 15 is 0 Å². The fourth-order valence-electron chi connectivity index (χ4n) is 3.25. The second-order valence-corrected chi connectivity index (χ2v) is 8.00. The van der Waals surface area contributed by atoms with Crippen molar-refractivity contribution >= 4 is 34.5 Å². The highest BCUT2D eigenvalue weighted by Crippen LogP contribution is 2.44. The van der Waals surface area contributed by atoms with Crippen LogP contribution in [0.4, 0.5) is 5.69 Å². The molecule has 3 rings (SSSR count). The van der Waals surface area contributed by atoms with E-state index in [-0.39, 0.29) is 28.5 Å². The zero-order valence-electron chi connectivity index (χ0n) is 16.0. The van der Waals surface area contributed by atoms with Crippen molar-refractivity contribution in [2.75, 3.05) is 0 Å². The highest BCUT2D eigenvalue weighted by atomic mass is 32.2. The van der Waals surface area contributed by atoms with Crippen LogP contribution < -0.4 is 0 Å². The van der Waals surface area contributed by atoms with Crippen molar-refractivity contribution in [1.82, 2.24) is 4.90 Å². The van der Waals surface area contributed by atoms with Crippen molar-refractivity contribution in [2.24, 2.45) is 4.99 Å². The maximum Gasteiger partial charge on any atom is 0.338 e. The van der Waals surface area contributed by atoms with E-state index in [0.717, 1.165) is 0 Å². The number of amidine groups is 1. The standard InChI is InChI=1S/C19H21N3O5S/c1-5-14-17(23)21-16(12-7-6-8-13(9-12)22(25)26)15(18(24)27-10(2)3)11(4)20-19(21)28-14/h6-10,14,16H,5H2,1-4H3/t14-,16+/m1/s1. The van der Waals surface area contributed by atoms with Crippen LogP contribution in [0.3, 0.4) is 0 Å². The maximum atomic E-state index is 13.0. The van der Waals surface area contributed by atoms with Crippen LogP contribution in [0.1, 0.15) is 45.7 Å². The third-order valence-electron chi connectivity index (χ3n) is 4.48. The van der Waals surface area contributed by atoms with Crippen molar-refractivity contribution in [3.63, 3.8) is 0 Å². The normalized spacial score (nSPS) is 21.7. The Bertz CT molecular complexity index is 909. The molecule has 1 aromatic carbocycles. The van der Waals surface area contributed by atoms with Gasteiger partial charge >= 0.3 is 5.97 Å². The summed E-state index contributed by atoms with van der Waals surface area (Å²) in [6, 6.07) is 5.17. The number of benzene rings is 1. The minimum atomic E-state index is -0.810. The lowest BCUT2D eigenvalue weighted by molar-refractivity contribution is -0.384. The van der Waals surface area contributed by atoms with Crippen LogP contribution in [-0.4, -0.2) is 38.2 Å². The Morgan fingerprint density at radius 1 is 1.43 bits per heavy atom. The molecular weight excluding hydrogens is 382 g/mol. The van der Waals surface area contributed by atoms with Crippen LogP contribution >= 0.6 is 11.8 Å². The van der Waals surface area contributed by atoms with Crippen molar-refractivity contribution in [3.05, 3.63) is 51.2 Å². The third kappa shape index (κ3) is 3.54. The first-order valence-electron chi connectivity index (χ1n) is 8.99. The van der Waals surface area contributed by atoms with E-state index in [4.69, 9.17) is 4.74 Å². The van der Waals surface area contributed by atoms with Gasteiger partial charge in [0.05, 0.1) is 33.6 Å². The lowest BCUT2D eigenvalue weighted by atomic mass is 9.94. The number of hydrogen-bond acceptors (Lipinski definition) is 7. The number of nitrogens with zero attached hydrogens (tertiary/aromatic N) is 3. The zero-order chi connectivity index (χ0) is 20.6. The summed E-state index contributed by atoms with van der Waals surface area (Å²) in [5, 5.41) is 11.5. The van der Waals surface area contributed by atoms with Crippen LogP contribution in [0, 0.1) is 10.1 Å². The number of nitro groups is 1. The van der Waals surface area contributed by atoms with Crippen molar-refractivity contribution in [3.8, 4) is 0 Å². The average Bonchev–Trinajstić information content (AvgIpc) is 2.95. The Morgan fingerprint density at radius 3 is 2.75 bits per heavy atom. The predicted octanol–water partition coefficient (Wildman–Crippen LogP) is 3.59. The molecule has 0 saturated carbocycles. The van der Waals surface area contributed by atoms with Crippen LogP contribution in [0.2, 0.25) is 0 Å². The molecule has 0 aromatic heterocycles. The van der Waals surface area contributed by atoms with E-state index in [1.807, 2.05) is 6.92 Å². The van der Waals surface area contributed by atoms with Gasteiger partial charge in [0.15, 0.2) is 5.17 Å². The van der Waals surface area contributed by atoms with E-state index in [0.29, 0.717) is 22.8 Å². The van der Waals surface area contributed by atoms with Crippen LogP contribution in [0.25, 0.3) is 0 Å². The van der Waals surface area contributed by atoms with E-state index in [1.54, 1.807) is 32.9 Å². The summed E-state index contributed by atoms with van der Waals surface area (Å²) in [5.74, 6) is -0.741. The van der Waals surface area contributed by atoms with Gasteiger partial charge in [-0.2, -0.15) is 0 Å². The number of amides is 1. The molecule has 0 bridgehead atoms. The molecule has 1 saturated heterocycles. The first-order chi connectivity index (χ1) is 13.2. The summed E-state index contributed by atoms with van der Waals surface area (Å²) in [6.07, 6.45) is 0.266. The van der Waals surface area contributed by atoms with Gasteiger partial charge in [0.25, 0.3) is 5.69 Å². The third-order valence-corrected chi connectivity index (χ3v) is 5.80. The molecule has 1 fully saturated rings. The van der Waals surface area contributed by atoms with Gasteiger partial charge in [-0.05, 0) is 32.8 Å². The Balaban J connectivity index is 2.16. The fraction of sp³-hybridized carbons (Fsp3) is 0.421. The van der Waals surface area contributed by atoms with Gasteiger partial charge in [-0.25, -0.2) is 9.79 Å². The molecule has 2 aliphatic rings. The van der Waals surface area contributed by atoms with Gasteiger partial charge in [-0.1, -0.05) is 30.8 Å². The zero-order valence-corrected chi connectivity index (χ0v) is 16.9. The summed E-state index contributed by atoms with van der Waals surface area (Å²) in [7, 11) is 0. The molecule has 0 unspecified atom stereocenters. The number of aliphatic imine (C=N–C) groups is 1. The number of carbonyl (C=O) groups excluding carboxylic acids is 2. The summed E-state index contributed by atoms with van der Waals surface area (Å²) < 4.78 is 5.38. The van der Waals surface area contributed by atoms with Gasteiger partial charge in [0.2, 0.25) is 5.91 Å². The predicted molar refractivity (Wildman–Crippen MR) is 106 cm³/mol. The van der Waals surface area contributed by atoms with Gasteiger partial charge in [0.1, 0.15) is 0 Å². The van der Waals surface area contributed by atoms with E-state index in [2.05, 4.69) is 4.99 Å². The van der Waals surface area contributed by atoms with Crippen molar-refractivity contribution < 1.29 is 19.2 Å². The number of nitro benzene ring substituents is 1. The Labute approximate surface area is 166 Å². The summed E-state index contributed by atoms with van der Waals surface area (Å²) in [5.41, 5.74) is 1.04. The SMILES string of the molecule is CC[C@H]1SC2=NC(C)=C(C(=O)OC(C)C)[C@H](c3cccc([N+](=O)[O-])c3)N2C1=O. The minimum absolute atomic E-state index is 0.109. The number of hydrogen-bond donors (Lipinski definition) is 0. The fourth-order valence-corrected chi connectivity index (χ4v) is 4.39. The van der Waals surface area contributed by atoms with Crippen LogP contribution in [0.5, 0.6) is 0 Å². The number of non-ortho nitro benzene ring substituents is 1. The van der Waals surface area contributed by atoms with Crippen molar-refractivity contribution in [1.29, 1.82) is 0 Å². The second-order valence-electron chi connectivity index (χ2n) is 6.83. The average molecular weight is 403 g/mol. The topological polar surface area (TPSA) is 102 Å². The number of rotatable bonds is 5. The Hall–Kier alpha value is -2.68.